The maximum atomic E-state index is 10.7. The molecule has 3 N–H and O–H groups in total. The van der Waals surface area contributed by atoms with Crippen LogP contribution in [0.15, 0.2) is 0 Å². The van der Waals surface area contributed by atoms with E-state index in [1.54, 1.807) is 13.8 Å². The minimum absolute atomic E-state index is 0.0932. The molecule has 0 radical (unpaired) electrons. The first-order chi connectivity index (χ1) is 5.48. The summed E-state index contributed by atoms with van der Waals surface area (Å²) < 4.78 is 0. The van der Waals surface area contributed by atoms with Crippen molar-refractivity contribution in [2.24, 2.45) is 0 Å². The second-order valence-electron chi connectivity index (χ2n) is 2.81. The van der Waals surface area contributed by atoms with Crippen LogP contribution in [-0.4, -0.2) is 34.4 Å². The summed E-state index contributed by atoms with van der Waals surface area (Å²) in [6.45, 7) is 2.90. The lowest BCUT2D eigenvalue weighted by Gasteiger charge is -2.24. The average molecular weight is 171 g/mol. The fourth-order valence-electron chi connectivity index (χ4n) is 0.817. The van der Waals surface area contributed by atoms with Gasteiger partial charge in [0.25, 0.3) is 0 Å². The van der Waals surface area contributed by atoms with Crippen LogP contribution in [0.3, 0.4) is 0 Å². The Bertz CT molecular complexity index is 207. The number of rotatable bonds is 4. The van der Waals surface area contributed by atoms with Crippen LogP contribution in [0, 0.1) is 12.3 Å². The van der Waals surface area contributed by atoms with Gasteiger partial charge in [0.2, 0.25) is 5.54 Å². The molecule has 68 valence electrons. The van der Waals surface area contributed by atoms with Crippen LogP contribution in [0.4, 0.5) is 0 Å². The molecular weight excluding hydrogens is 158 g/mol. The summed E-state index contributed by atoms with van der Waals surface area (Å²) >= 11 is 0. The summed E-state index contributed by atoms with van der Waals surface area (Å²) in [6.07, 6.45) is 5.01. The number of carboxylic acids is 1. The average Bonchev–Trinajstić information content (AvgIpc) is 1.99. The first-order valence-electron chi connectivity index (χ1n) is 3.58. The van der Waals surface area contributed by atoms with Crippen LogP contribution in [0.5, 0.6) is 0 Å². The normalized spacial score (nSPS) is 15.2. The Morgan fingerprint density at radius 3 is 2.33 bits per heavy atom. The largest absolute Gasteiger partial charge is 0.479 e. The predicted octanol–water partition coefficient (Wildman–Crippen LogP) is -0.567. The molecule has 0 heterocycles. The minimum atomic E-state index is -1.64. The number of hydrogen-bond donors (Lipinski definition) is 3. The van der Waals surface area contributed by atoms with Crippen molar-refractivity contribution >= 4 is 5.97 Å². The van der Waals surface area contributed by atoms with Crippen molar-refractivity contribution < 1.29 is 15.0 Å². The second-order valence-corrected chi connectivity index (χ2v) is 2.81. The van der Waals surface area contributed by atoms with Gasteiger partial charge in [0.1, 0.15) is 0 Å². The lowest BCUT2D eigenvalue weighted by atomic mass is 10.0. The Kier molecular flexibility index (Phi) is 3.74. The van der Waals surface area contributed by atoms with Crippen LogP contribution >= 0.6 is 0 Å². The Hall–Kier alpha value is -1.05. The number of aliphatic hydroxyl groups is 1. The van der Waals surface area contributed by atoms with Crippen molar-refractivity contribution in [1.29, 1.82) is 0 Å². The van der Waals surface area contributed by atoms with E-state index in [2.05, 4.69) is 5.32 Å². The van der Waals surface area contributed by atoms with Gasteiger partial charge >= 0.3 is 5.97 Å². The highest BCUT2D eigenvalue weighted by Gasteiger charge is 2.36. The highest BCUT2D eigenvalue weighted by atomic mass is 16.4. The molecule has 0 aliphatic heterocycles. The fourth-order valence-corrected chi connectivity index (χ4v) is 0.817. The van der Waals surface area contributed by atoms with E-state index in [-0.39, 0.29) is 6.04 Å². The summed E-state index contributed by atoms with van der Waals surface area (Å²) in [5, 5.41) is 20.1. The molecule has 1 unspecified atom stereocenters. The van der Waals surface area contributed by atoms with Crippen LogP contribution in [0.1, 0.15) is 13.8 Å². The van der Waals surface area contributed by atoms with E-state index in [1.807, 2.05) is 5.92 Å². The van der Waals surface area contributed by atoms with Gasteiger partial charge in [0.05, 0.1) is 6.61 Å². The number of hydrogen-bond acceptors (Lipinski definition) is 3. The molecule has 1 atom stereocenters. The molecule has 0 aromatic heterocycles. The van der Waals surface area contributed by atoms with Gasteiger partial charge in [0, 0.05) is 6.04 Å². The predicted molar refractivity (Wildman–Crippen MR) is 44.6 cm³/mol. The summed E-state index contributed by atoms with van der Waals surface area (Å²) in [6, 6.07) is -0.0932. The molecule has 12 heavy (non-hydrogen) atoms. The molecule has 0 aliphatic carbocycles. The van der Waals surface area contributed by atoms with Gasteiger partial charge in [-0.25, -0.2) is 4.79 Å². The number of terminal acetylenes is 1. The number of aliphatic carboxylic acids is 1. The third-order valence-corrected chi connectivity index (χ3v) is 1.38. The molecule has 4 heteroatoms. The van der Waals surface area contributed by atoms with Crippen LogP contribution in [0.2, 0.25) is 0 Å². The lowest BCUT2D eigenvalue weighted by Crippen LogP contribution is -2.56. The Morgan fingerprint density at radius 1 is 1.75 bits per heavy atom. The van der Waals surface area contributed by atoms with E-state index in [1.165, 1.54) is 0 Å². The van der Waals surface area contributed by atoms with E-state index in [4.69, 9.17) is 16.6 Å². The summed E-state index contributed by atoms with van der Waals surface area (Å²) in [5.74, 6) is 0.800. The molecule has 0 spiro atoms. The molecule has 0 aromatic carbocycles. The topological polar surface area (TPSA) is 69.6 Å². The van der Waals surface area contributed by atoms with Crippen LogP contribution < -0.4 is 5.32 Å². The van der Waals surface area contributed by atoms with E-state index >= 15 is 0 Å². The molecule has 0 saturated heterocycles. The summed E-state index contributed by atoms with van der Waals surface area (Å²) in [5.41, 5.74) is -1.64. The Morgan fingerprint density at radius 2 is 2.25 bits per heavy atom. The SMILES string of the molecule is C#CC(CO)(NC(C)C)C(=O)O. The van der Waals surface area contributed by atoms with E-state index in [0.717, 1.165) is 0 Å². The van der Waals surface area contributed by atoms with Crippen LogP contribution in [-0.2, 0) is 4.79 Å². The van der Waals surface area contributed by atoms with E-state index < -0.39 is 18.1 Å². The standard InChI is InChI=1S/C8H13NO3/c1-4-8(5-10,7(11)12)9-6(2)3/h1,6,9-10H,5H2,2-3H3,(H,11,12). The molecule has 0 rings (SSSR count). The fraction of sp³-hybridized carbons (Fsp3) is 0.625. The highest BCUT2D eigenvalue weighted by molar-refractivity contribution is 5.83. The highest BCUT2D eigenvalue weighted by Crippen LogP contribution is 2.03. The van der Waals surface area contributed by atoms with Gasteiger partial charge in [-0.3, -0.25) is 5.32 Å². The van der Waals surface area contributed by atoms with Crippen molar-refractivity contribution in [3.63, 3.8) is 0 Å². The van der Waals surface area contributed by atoms with Crippen molar-refractivity contribution in [3.8, 4) is 12.3 Å². The number of aliphatic hydroxyl groups excluding tert-OH is 1. The quantitative estimate of drug-likeness (QED) is 0.496. The molecule has 0 bridgehead atoms. The van der Waals surface area contributed by atoms with Gasteiger partial charge in [-0.15, -0.1) is 6.42 Å². The van der Waals surface area contributed by atoms with E-state index in [0.29, 0.717) is 0 Å². The first kappa shape index (κ1) is 11.0. The molecule has 4 nitrogen and oxygen atoms in total. The third kappa shape index (κ3) is 2.22. The van der Waals surface area contributed by atoms with Gasteiger partial charge in [-0.2, -0.15) is 0 Å². The smallest absolute Gasteiger partial charge is 0.338 e. The Labute approximate surface area is 71.6 Å². The Balaban J connectivity index is 4.62. The molecule has 0 fully saturated rings. The number of nitrogens with one attached hydrogen (secondary N) is 1. The molecular formula is C8H13NO3. The van der Waals surface area contributed by atoms with Crippen LogP contribution in [0.25, 0.3) is 0 Å². The zero-order valence-electron chi connectivity index (χ0n) is 7.16. The van der Waals surface area contributed by atoms with Crippen molar-refractivity contribution in [2.45, 2.75) is 25.4 Å². The number of carbonyl (C=O) groups is 1. The summed E-state index contributed by atoms with van der Waals surface area (Å²) in [7, 11) is 0. The molecule has 0 amide bonds. The van der Waals surface area contributed by atoms with Gasteiger partial charge in [-0.1, -0.05) is 5.92 Å². The third-order valence-electron chi connectivity index (χ3n) is 1.38. The van der Waals surface area contributed by atoms with Crippen molar-refractivity contribution in [3.05, 3.63) is 0 Å². The first-order valence-corrected chi connectivity index (χ1v) is 3.58. The van der Waals surface area contributed by atoms with Gasteiger partial charge in [-0.05, 0) is 13.8 Å². The maximum absolute atomic E-state index is 10.7. The minimum Gasteiger partial charge on any atom is -0.479 e. The monoisotopic (exact) mass is 171 g/mol. The lowest BCUT2D eigenvalue weighted by molar-refractivity contribution is -0.144. The zero-order chi connectivity index (χ0) is 9.78. The zero-order valence-corrected chi connectivity index (χ0v) is 7.16. The van der Waals surface area contributed by atoms with E-state index in [9.17, 15) is 4.79 Å². The molecule has 0 aromatic rings. The molecule has 0 aliphatic rings. The van der Waals surface area contributed by atoms with Gasteiger partial charge in [0.15, 0.2) is 0 Å². The second kappa shape index (κ2) is 4.10. The summed E-state index contributed by atoms with van der Waals surface area (Å²) in [4.78, 5) is 10.7. The number of carboxylic acid groups (broad SMARTS) is 1. The maximum Gasteiger partial charge on any atom is 0.338 e. The molecule has 0 saturated carbocycles. The van der Waals surface area contributed by atoms with Crippen molar-refractivity contribution in [1.82, 2.24) is 5.32 Å². The van der Waals surface area contributed by atoms with Crippen molar-refractivity contribution in [2.75, 3.05) is 6.61 Å². The van der Waals surface area contributed by atoms with Gasteiger partial charge < -0.3 is 10.2 Å².